The van der Waals surface area contributed by atoms with Crippen LogP contribution in [0.3, 0.4) is 0 Å². The molecule has 0 bridgehead atoms. The van der Waals surface area contributed by atoms with Crippen LogP contribution in [0, 0.1) is 0 Å². The maximum atomic E-state index is 8.55. The summed E-state index contributed by atoms with van der Waals surface area (Å²) < 4.78 is 6.91. The van der Waals surface area contributed by atoms with Crippen molar-refractivity contribution in [3.8, 4) is 5.75 Å². The molecule has 2 rings (SSSR count). The molecule has 0 aliphatic rings. The first-order valence-electron chi connectivity index (χ1n) is 5.66. The van der Waals surface area contributed by atoms with E-state index in [1.54, 1.807) is 35.2 Å². The fourth-order valence-electron chi connectivity index (χ4n) is 1.43. The van der Waals surface area contributed by atoms with Gasteiger partial charge in [0.05, 0.1) is 10.8 Å². The van der Waals surface area contributed by atoms with E-state index in [0.29, 0.717) is 12.2 Å². The van der Waals surface area contributed by atoms with Crippen molar-refractivity contribution in [2.24, 2.45) is 10.9 Å². The van der Waals surface area contributed by atoms with Gasteiger partial charge in [-0.2, -0.15) is 0 Å². The molecule has 0 atom stereocenters. The Balaban J connectivity index is 1.77. The van der Waals surface area contributed by atoms with Crippen LogP contribution in [0.15, 0.2) is 51.1 Å². The van der Waals surface area contributed by atoms with Gasteiger partial charge in [0, 0.05) is 11.3 Å². The summed E-state index contributed by atoms with van der Waals surface area (Å²) in [7, 11) is 0. The van der Waals surface area contributed by atoms with Crippen LogP contribution in [0.5, 0.6) is 5.75 Å². The first kappa shape index (κ1) is 13.8. The summed E-state index contributed by atoms with van der Waals surface area (Å²) in [6, 6.07) is 11.3. The van der Waals surface area contributed by atoms with Crippen molar-refractivity contribution >= 4 is 28.9 Å². The molecule has 19 heavy (non-hydrogen) atoms. The third-order valence-electron chi connectivity index (χ3n) is 2.35. The number of hydrogen-bond donors (Lipinski definition) is 2. The standard InChI is InChI=1S/C13H14N2O2S2/c14-13(15-16)10-3-5-11(6-4-10)17-7-9-19-12-2-1-8-18-12/h1-6,8,16H,7,9H2,(H2,14,15). The third-order valence-corrected chi connectivity index (χ3v) is 4.44. The molecular weight excluding hydrogens is 280 g/mol. The van der Waals surface area contributed by atoms with Crippen LogP contribution < -0.4 is 10.5 Å². The highest BCUT2D eigenvalue weighted by molar-refractivity contribution is 8.01. The molecule has 1 heterocycles. The number of nitrogens with zero attached hydrogens (tertiary/aromatic N) is 1. The van der Waals surface area contributed by atoms with Gasteiger partial charge in [-0.1, -0.05) is 11.2 Å². The quantitative estimate of drug-likeness (QED) is 0.215. The zero-order valence-electron chi connectivity index (χ0n) is 10.2. The van der Waals surface area contributed by atoms with Gasteiger partial charge in [-0.15, -0.1) is 23.1 Å². The SMILES string of the molecule is N/C(=N/O)c1ccc(OCCSc2cccs2)cc1. The third kappa shape index (κ3) is 4.18. The van der Waals surface area contributed by atoms with Gasteiger partial charge in [-0.05, 0) is 35.7 Å². The van der Waals surface area contributed by atoms with Crippen molar-refractivity contribution < 1.29 is 9.94 Å². The van der Waals surface area contributed by atoms with E-state index in [-0.39, 0.29) is 5.84 Å². The summed E-state index contributed by atoms with van der Waals surface area (Å²) >= 11 is 3.51. The van der Waals surface area contributed by atoms with Gasteiger partial charge in [-0.3, -0.25) is 0 Å². The second-order valence-electron chi connectivity index (χ2n) is 3.64. The second kappa shape index (κ2) is 7.06. The molecule has 0 aliphatic carbocycles. The fourth-order valence-corrected chi connectivity index (χ4v) is 3.11. The Morgan fingerprint density at radius 2 is 2.11 bits per heavy atom. The largest absolute Gasteiger partial charge is 0.493 e. The highest BCUT2D eigenvalue weighted by Gasteiger charge is 2.00. The van der Waals surface area contributed by atoms with E-state index in [4.69, 9.17) is 15.7 Å². The van der Waals surface area contributed by atoms with Crippen molar-refractivity contribution in [3.05, 3.63) is 47.3 Å². The summed E-state index contributed by atoms with van der Waals surface area (Å²) in [5, 5.41) is 13.6. The second-order valence-corrected chi connectivity index (χ2v) is 5.98. The molecule has 0 saturated carbocycles. The number of benzene rings is 1. The van der Waals surface area contributed by atoms with E-state index in [9.17, 15) is 0 Å². The predicted octanol–water partition coefficient (Wildman–Crippen LogP) is 3.01. The molecule has 2 aromatic rings. The summed E-state index contributed by atoms with van der Waals surface area (Å²) in [6.07, 6.45) is 0. The average Bonchev–Trinajstić information content (AvgIpc) is 2.96. The Labute approximate surface area is 119 Å². The molecule has 6 heteroatoms. The van der Waals surface area contributed by atoms with Crippen molar-refractivity contribution in [3.63, 3.8) is 0 Å². The Hall–Kier alpha value is -1.66. The van der Waals surface area contributed by atoms with Crippen molar-refractivity contribution in [2.75, 3.05) is 12.4 Å². The first-order chi connectivity index (χ1) is 9.29. The Morgan fingerprint density at radius 1 is 1.32 bits per heavy atom. The lowest BCUT2D eigenvalue weighted by atomic mass is 10.2. The minimum Gasteiger partial charge on any atom is -0.493 e. The Bertz CT molecular complexity index is 524. The number of thioether (sulfide) groups is 1. The molecule has 4 nitrogen and oxygen atoms in total. The lowest BCUT2D eigenvalue weighted by Crippen LogP contribution is -2.12. The topological polar surface area (TPSA) is 67.8 Å². The van der Waals surface area contributed by atoms with Crippen LogP contribution in [-0.2, 0) is 0 Å². The molecule has 1 aromatic carbocycles. The summed E-state index contributed by atoms with van der Waals surface area (Å²) in [5.74, 6) is 1.78. The molecular formula is C13H14N2O2S2. The number of rotatable bonds is 6. The van der Waals surface area contributed by atoms with Gasteiger partial charge in [0.2, 0.25) is 0 Å². The number of thiophene rings is 1. The molecule has 0 aliphatic heterocycles. The lowest BCUT2D eigenvalue weighted by Gasteiger charge is -2.06. The maximum Gasteiger partial charge on any atom is 0.170 e. The minimum absolute atomic E-state index is 0.0970. The highest BCUT2D eigenvalue weighted by Crippen LogP contribution is 2.23. The van der Waals surface area contributed by atoms with E-state index in [0.717, 1.165) is 11.5 Å². The summed E-state index contributed by atoms with van der Waals surface area (Å²) in [4.78, 5) is 0. The van der Waals surface area contributed by atoms with E-state index in [1.807, 2.05) is 18.2 Å². The fraction of sp³-hybridized carbons (Fsp3) is 0.154. The molecule has 3 N–H and O–H groups in total. The van der Waals surface area contributed by atoms with Gasteiger partial charge in [0.25, 0.3) is 0 Å². The summed E-state index contributed by atoms with van der Waals surface area (Å²) in [5.41, 5.74) is 6.15. The first-order valence-corrected chi connectivity index (χ1v) is 7.53. The van der Waals surface area contributed by atoms with Gasteiger partial charge in [0.1, 0.15) is 5.75 Å². The zero-order valence-corrected chi connectivity index (χ0v) is 11.8. The molecule has 0 saturated heterocycles. The van der Waals surface area contributed by atoms with E-state index in [2.05, 4.69) is 16.6 Å². The van der Waals surface area contributed by atoms with Crippen molar-refractivity contribution in [2.45, 2.75) is 4.21 Å². The van der Waals surface area contributed by atoms with Crippen LogP contribution >= 0.6 is 23.1 Å². The van der Waals surface area contributed by atoms with Gasteiger partial charge in [-0.25, -0.2) is 0 Å². The number of oxime groups is 1. The number of ether oxygens (including phenoxy) is 1. The molecule has 0 amide bonds. The van der Waals surface area contributed by atoms with Crippen LogP contribution in [0.4, 0.5) is 0 Å². The van der Waals surface area contributed by atoms with Crippen LogP contribution in [0.2, 0.25) is 0 Å². The van der Waals surface area contributed by atoms with E-state index < -0.39 is 0 Å². The van der Waals surface area contributed by atoms with Gasteiger partial charge in [0.15, 0.2) is 5.84 Å². The smallest absolute Gasteiger partial charge is 0.170 e. The lowest BCUT2D eigenvalue weighted by molar-refractivity contribution is 0.318. The molecule has 100 valence electrons. The van der Waals surface area contributed by atoms with Crippen molar-refractivity contribution in [1.82, 2.24) is 0 Å². The van der Waals surface area contributed by atoms with Gasteiger partial charge >= 0.3 is 0 Å². The number of nitrogens with two attached hydrogens (primary N) is 1. The maximum absolute atomic E-state index is 8.55. The van der Waals surface area contributed by atoms with Crippen LogP contribution in [0.25, 0.3) is 0 Å². The Morgan fingerprint density at radius 3 is 2.74 bits per heavy atom. The Kier molecular flexibility index (Phi) is 5.11. The van der Waals surface area contributed by atoms with Gasteiger partial charge < -0.3 is 15.7 Å². The monoisotopic (exact) mass is 294 g/mol. The van der Waals surface area contributed by atoms with E-state index >= 15 is 0 Å². The van der Waals surface area contributed by atoms with Crippen molar-refractivity contribution in [1.29, 1.82) is 0 Å². The molecule has 0 radical (unpaired) electrons. The van der Waals surface area contributed by atoms with E-state index in [1.165, 1.54) is 4.21 Å². The summed E-state index contributed by atoms with van der Waals surface area (Å²) in [6.45, 7) is 0.644. The normalized spacial score (nSPS) is 11.5. The molecule has 1 aromatic heterocycles. The van der Waals surface area contributed by atoms with Crippen LogP contribution in [0.1, 0.15) is 5.56 Å². The zero-order chi connectivity index (χ0) is 13.5. The molecule has 0 fully saturated rings. The predicted molar refractivity (Wildman–Crippen MR) is 79.5 cm³/mol. The minimum atomic E-state index is 0.0970. The number of amidine groups is 1. The molecule has 0 spiro atoms. The highest BCUT2D eigenvalue weighted by atomic mass is 32.2. The van der Waals surface area contributed by atoms with Crippen LogP contribution in [-0.4, -0.2) is 23.4 Å². The average molecular weight is 294 g/mol. The molecule has 0 unspecified atom stereocenters. The number of hydrogen-bond acceptors (Lipinski definition) is 5.